The predicted molar refractivity (Wildman–Crippen MR) is 70.9 cm³/mol. The average Bonchev–Trinajstić information content (AvgIpc) is 2.64. The Balaban J connectivity index is 2.19. The van der Waals surface area contributed by atoms with Crippen molar-refractivity contribution in [3.63, 3.8) is 0 Å². The number of carbonyl (C=O) groups excluding carboxylic acids is 2. The molecule has 5 heteroatoms. The average molecular weight is 264 g/mol. The van der Waals surface area contributed by atoms with E-state index in [1.54, 1.807) is 0 Å². The van der Waals surface area contributed by atoms with Gasteiger partial charge in [0.25, 0.3) is 11.7 Å². The number of benzene rings is 1. The number of Topliss-reactive ketones (excluding diaryl/α,β-unsaturated/α-hetero) is 1. The Hall–Kier alpha value is -1.75. The zero-order valence-corrected chi connectivity index (χ0v) is 11.1. The van der Waals surface area contributed by atoms with Gasteiger partial charge in [-0.05, 0) is 31.3 Å². The van der Waals surface area contributed by atoms with Crippen molar-refractivity contribution in [1.29, 1.82) is 0 Å². The minimum atomic E-state index is -0.617. The number of nitrogens with zero attached hydrogens (tertiary/aromatic N) is 2. The van der Waals surface area contributed by atoms with Gasteiger partial charge in [-0.15, -0.1) is 0 Å². The summed E-state index contributed by atoms with van der Waals surface area (Å²) in [6, 6.07) is 3.90. The van der Waals surface area contributed by atoms with Crippen molar-refractivity contribution in [3.05, 3.63) is 29.6 Å². The molecule has 1 aromatic rings. The third kappa shape index (κ3) is 2.51. The molecule has 0 saturated carbocycles. The largest absolute Gasteiger partial charge is 0.303 e. The van der Waals surface area contributed by atoms with Crippen LogP contribution in [-0.2, 0) is 4.79 Å². The number of fused-ring (bicyclic) bond motifs is 1. The summed E-state index contributed by atoms with van der Waals surface area (Å²) >= 11 is 0. The highest BCUT2D eigenvalue weighted by Gasteiger charge is 2.35. The number of likely N-dealkylation sites (N-methyl/N-ethyl adjacent to an activating group) is 1. The van der Waals surface area contributed by atoms with Crippen molar-refractivity contribution in [2.45, 2.75) is 13.8 Å². The van der Waals surface area contributed by atoms with Crippen LogP contribution in [0.5, 0.6) is 0 Å². The molecule has 0 fully saturated rings. The van der Waals surface area contributed by atoms with Crippen molar-refractivity contribution in [2.24, 2.45) is 0 Å². The Kier molecular flexibility index (Phi) is 3.95. The Morgan fingerprint density at radius 1 is 1.21 bits per heavy atom. The molecule has 0 aliphatic carbocycles. The van der Waals surface area contributed by atoms with Crippen molar-refractivity contribution < 1.29 is 14.0 Å². The fourth-order valence-corrected chi connectivity index (χ4v) is 2.28. The molecule has 2 rings (SSSR count). The van der Waals surface area contributed by atoms with Crippen LogP contribution in [0.3, 0.4) is 0 Å². The van der Waals surface area contributed by atoms with Crippen molar-refractivity contribution in [1.82, 2.24) is 4.90 Å². The van der Waals surface area contributed by atoms with Crippen molar-refractivity contribution in [2.75, 3.05) is 31.1 Å². The summed E-state index contributed by atoms with van der Waals surface area (Å²) in [7, 11) is 0. The maximum Gasteiger partial charge on any atom is 0.299 e. The SMILES string of the molecule is CCN(CC)CCN1C(=O)C(=O)c2cc(F)ccc21. The molecule has 1 aliphatic rings. The smallest absolute Gasteiger partial charge is 0.299 e. The van der Waals surface area contributed by atoms with Gasteiger partial charge in [0.15, 0.2) is 0 Å². The van der Waals surface area contributed by atoms with E-state index in [0.29, 0.717) is 18.8 Å². The van der Waals surface area contributed by atoms with E-state index in [1.165, 1.54) is 17.0 Å². The monoisotopic (exact) mass is 264 g/mol. The van der Waals surface area contributed by atoms with Crippen molar-refractivity contribution >= 4 is 17.4 Å². The molecule has 0 N–H and O–H groups in total. The number of hydrogen-bond donors (Lipinski definition) is 0. The van der Waals surface area contributed by atoms with E-state index in [2.05, 4.69) is 4.90 Å². The molecule has 0 saturated heterocycles. The van der Waals surface area contributed by atoms with E-state index >= 15 is 0 Å². The van der Waals surface area contributed by atoms with E-state index in [9.17, 15) is 14.0 Å². The molecule has 0 radical (unpaired) electrons. The summed E-state index contributed by atoms with van der Waals surface area (Å²) < 4.78 is 13.1. The Bertz CT molecular complexity index is 512. The molecule has 0 atom stereocenters. The number of rotatable bonds is 5. The zero-order chi connectivity index (χ0) is 14.0. The number of anilines is 1. The summed E-state index contributed by atoms with van der Waals surface area (Å²) in [6.07, 6.45) is 0. The molecule has 0 unspecified atom stereocenters. The Morgan fingerprint density at radius 3 is 2.53 bits per heavy atom. The fourth-order valence-electron chi connectivity index (χ4n) is 2.28. The first-order valence-electron chi connectivity index (χ1n) is 6.46. The lowest BCUT2D eigenvalue weighted by molar-refractivity contribution is -0.114. The van der Waals surface area contributed by atoms with E-state index < -0.39 is 17.5 Å². The first kappa shape index (κ1) is 13.7. The fraction of sp³-hybridized carbons (Fsp3) is 0.429. The van der Waals surface area contributed by atoms with E-state index in [0.717, 1.165) is 19.2 Å². The molecular formula is C14H17FN2O2. The number of halogens is 1. The molecule has 1 heterocycles. The number of hydrogen-bond acceptors (Lipinski definition) is 3. The number of amides is 1. The van der Waals surface area contributed by atoms with Crippen LogP contribution < -0.4 is 4.90 Å². The minimum absolute atomic E-state index is 0.171. The van der Waals surface area contributed by atoms with Crippen LogP contribution in [-0.4, -0.2) is 42.8 Å². The normalized spacial score (nSPS) is 14.4. The van der Waals surface area contributed by atoms with Crippen LogP contribution in [0, 0.1) is 5.82 Å². The van der Waals surface area contributed by atoms with Crippen LogP contribution in [0.15, 0.2) is 18.2 Å². The Labute approximate surface area is 111 Å². The van der Waals surface area contributed by atoms with Gasteiger partial charge in [0.2, 0.25) is 0 Å². The predicted octanol–water partition coefficient (Wildman–Crippen LogP) is 1.70. The molecule has 1 aromatic carbocycles. The van der Waals surface area contributed by atoms with Crippen molar-refractivity contribution in [3.8, 4) is 0 Å². The highest BCUT2D eigenvalue weighted by molar-refractivity contribution is 6.52. The second-order valence-electron chi connectivity index (χ2n) is 4.47. The second-order valence-corrected chi connectivity index (χ2v) is 4.47. The standard InChI is InChI=1S/C14H17FN2O2/c1-3-16(4-2)7-8-17-12-6-5-10(15)9-11(12)13(18)14(17)19/h5-6,9H,3-4,7-8H2,1-2H3. The molecular weight excluding hydrogens is 247 g/mol. The van der Waals surface area contributed by atoms with Crippen LogP contribution >= 0.6 is 0 Å². The van der Waals surface area contributed by atoms with Crippen LogP contribution in [0.4, 0.5) is 10.1 Å². The summed E-state index contributed by atoms with van der Waals surface area (Å²) in [6.45, 7) is 7.02. The van der Waals surface area contributed by atoms with Gasteiger partial charge in [0.1, 0.15) is 5.82 Å². The van der Waals surface area contributed by atoms with Gasteiger partial charge < -0.3 is 9.80 Å². The quantitative estimate of drug-likeness (QED) is 0.760. The molecule has 0 bridgehead atoms. The zero-order valence-electron chi connectivity index (χ0n) is 11.1. The van der Waals surface area contributed by atoms with E-state index in [-0.39, 0.29) is 5.56 Å². The summed E-state index contributed by atoms with van der Waals surface area (Å²) in [5, 5.41) is 0. The topological polar surface area (TPSA) is 40.6 Å². The van der Waals surface area contributed by atoms with Gasteiger partial charge in [-0.3, -0.25) is 9.59 Å². The third-order valence-electron chi connectivity index (χ3n) is 3.47. The van der Waals surface area contributed by atoms with Crippen LogP contribution in [0.25, 0.3) is 0 Å². The molecule has 19 heavy (non-hydrogen) atoms. The maximum atomic E-state index is 13.1. The molecule has 1 aliphatic heterocycles. The lowest BCUT2D eigenvalue weighted by Crippen LogP contribution is -2.38. The molecule has 0 aromatic heterocycles. The summed E-state index contributed by atoms with van der Waals surface area (Å²) in [5.74, 6) is -1.67. The van der Waals surface area contributed by atoms with Crippen LogP contribution in [0.1, 0.15) is 24.2 Å². The lowest BCUT2D eigenvalue weighted by atomic mass is 10.1. The first-order valence-corrected chi connectivity index (χ1v) is 6.46. The van der Waals surface area contributed by atoms with E-state index in [4.69, 9.17) is 0 Å². The molecule has 1 amide bonds. The van der Waals surface area contributed by atoms with Gasteiger partial charge in [-0.1, -0.05) is 13.8 Å². The van der Waals surface area contributed by atoms with Crippen LogP contribution in [0.2, 0.25) is 0 Å². The van der Waals surface area contributed by atoms with Gasteiger partial charge in [0, 0.05) is 13.1 Å². The minimum Gasteiger partial charge on any atom is -0.303 e. The summed E-state index contributed by atoms with van der Waals surface area (Å²) in [5.41, 5.74) is 0.688. The highest BCUT2D eigenvalue weighted by Crippen LogP contribution is 2.29. The van der Waals surface area contributed by atoms with Gasteiger partial charge in [0.05, 0.1) is 11.3 Å². The number of carbonyl (C=O) groups is 2. The molecule has 102 valence electrons. The second kappa shape index (κ2) is 5.48. The van der Waals surface area contributed by atoms with E-state index in [1.807, 2.05) is 13.8 Å². The molecule has 0 spiro atoms. The third-order valence-corrected chi connectivity index (χ3v) is 3.47. The van der Waals surface area contributed by atoms with Gasteiger partial charge in [-0.25, -0.2) is 4.39 Å². The lowest BCUT2D eigenvalue weighted by Gasteiger charge is -2.22. The van der Waals surface area contributed by atoms with Gasteiger partial charge in [-0.2, -0.15) is 0 Å². The highest BCUT2D eigenvalue weighted by atomic mass is 19.1. The Morgan fingerprint density at radius 2 is 1.89 bits per heavy atom. The maximum absolute atomic E-state index is 13.1. The summed E-state index contributed by atoms with van der Waals surface area (Å²) in [4.78, 5) is 27.3. The number of ketones is 1. The van der Waals surface area contributed by atoms with Gasteiger partial charge >= 0.3 is 0 Å². The first-order chi connectivity index (χ1) is 9.08. The molecule has 4 nitrogen and oxygen atoms in total.